The second-order valence-corrected chi connectivity index (χ2v) is 9.66. The summed E-state index contributed by atoms with van der Waals surface area (Å²) < 4.78 is 3.35. The average molecular weight is 437 g/mol. The minimum absolute atomic E-state index is 0.118. The van der Waals surface area contributed by atoms with Gasteiger partial charge in [0.15, 0.2) is 4.80 Å². The van der Waals surface area contributed by atoms with Crippen molar-refractivity contribution in [2.24, 2.45) is 4.99 Å². The fraction of sp³-hybridized carbons (Fsp3) is 0.300. The first-order chi connectivity index (χ1) is 13.0. The second-order valence-electron chi connectivity index (χ2n) is 6.18. The van der Waals surface area contributed by atoms with Crippen LogP contribution in [0.1, 0.15) is 11.1 Å². The second kappa shape index (κ2) is 9.32. The van der Waals surface area contributed by atoms with Gasteiger partial charge in [0.2, 0.25) is 0 Å². The van der Waals surface area contributed by atoms with E-state index in [-0.39, 0.29) is 5.91 Å². The molecule has 1 heterocycles. The van der Waals surface area contributed by atoms with Crippen molar-refractivity contribution in [1.82, 2.24) is 4.57 Å². The first-order valence-corrected chi connectivity index (χ1v) is 12.1. The highest BCUT2D eigenvalue weighted by Crippen LogP contribution is 2.23. The molecule has 0 saturated heterocycles. The van der Waals surface area contributed by atoms with Crippen LogP contribution >= 0.6 is 46.5 Å². The molecule has 0 aliphatic rings. The highest BCUT2D eigenvalue weighted by atomic mass is 35.5. The standard InChI is InChI=1S/C20H21ClN2OS3/c1-13-10-17-18(11-14(13)2)27-20(23(17)8-9-25-3)22-19(24)12-26-16-6-4-15(21)5-7-16/h4-7,10-11H,8-9,12H2,1-3H3. The van der Waals surface area contributed by atoms with Gasteiger partial charge in [-0.2, -0.15) is 16.8 Å². The summed E-state index contributed by atoms with van der Waals surface area (Å²) in [6, 6.07) is 11.9. The van der Waals surface area contributed by atoms with Gasteiger partial charge in [-0.1, -0.05) is 22.9 Å². The molecule has 0 aliphatic heterocycles. The summed E-state index contributed by atoms with van der Waals surface area (Å²) >= 11 is 10.8. The minimum Gasteiger partial charge on any atom is -0.316 e. The van der Waals surface area contributed by atoms with Crippen LogP contribution in [0.5, 0.6) is 0 Å². The summed E-state index contributed by atoms with van der Waals surface area (Å²) in [6.45, 7) is 5.08. The van der Waals surface area contributed by atoms with Gasteiger partial charge in [0.1, 0.15) is 0 Å². The molecule has 142 valence electrons. The van der Waals surface area contributed by atoms with Crippen molar-refractivity contribution >= 4 is 62.6 Å². The van der Waals surface area contributed by atoms with Crippen LogP contribution in [0.25, 0.3) is 10.2 Å². The number of hydrogen-bond donors (Lipinski definition) is 0. The molecule has 27 heavy (non-hydrogen) atoms. The van der Waals surface area contributed by atoms with E-state index < -0.39 is 0 Å². The lowest BCUT2D eigenvalue weighted by Crippen LogP contribution is -2.18. The first-order valence-electron chi connectivity index (χ1n) is 8.53. The van der Waals surface area contributed by atoms with Gasteiger partial charge < -0.3 is 4.57 Å². The van der Waals surface area contributed by atoms with E-state index >= 15 is 0 Å². The van der Waals surface area contributed by atoms with Gasteiger partial charge in [0.25, 0.3) is 5.91 Å². The van der Waals surface area contributed by atoms with Crippen LogP contribution in [0.4, 0.5) is 0 Å². The number of carbonyl (C=O) groups is 1. The molecule has 0 fully saturated rings. The first kappa shape index (κ1) is 20.5. The molecule has 0 N–H and O–H groups in total. The Morgan fingerprint density at radius 2 is 1.89 bits per heavy atom. The molecule has 7 heteroatoms. The number of benzene rings is 2. The van der Waals surface area contributed by atoms with Crippen molar-refractivity contribution in [1.29, 1.82) is 0 Å². The molecule has 0 spiro atoms. The number of nitrogens with zero attached hydrogens (tertiary/aromatic N) is 2. The van der Waals surface area contributed by atoms with Crippen molar-refractivity contribution in [2.45, 2.75) is 25.3 Å². The Morgan fingerprint density at radius 1 is 1.19 bits per heavy atom. The van der Waals surface area contributed by atoms with Gasteiger partial charge in [-0.3, -0.25) is 4.79 Å². The molecule has 0 atom stereocenters. The Labute approximate surface area is 176 Å². The summed E-state index contributed by atoms with van der Waals surface area (Å²) in [5.41, 5.74) is 3.68. The number of carbonyl (C=O) groups excluding carboxylic acids is 1. The van der Waals surface area contributed by atoms with E-state index in [9.17, 15) is 4.79 Å². The molecule has 2 aromatic carbocycles. The van der Waals surface area contributed by atoms with Gasteiger partial charge in [-0.25, -0.2) is 0 Å². The SMILES string of the molecule is CSCCn1c(=NC(=O)CSc2ccc(Cl)cc2)sc2cc(C)c(C)cc21. The van der Waals surface area contributed by atoms with Crippen LogP contribution in [0.2, 0.25) is 5.02 Å². The van der Waals surface area contributed by atoms with Crippen LogP contribution in [0.3, 0.4) is 0 Å². The van der Waals surface area contributed by atoms with E-state index in [2.05, 4.69) is 41.8 Å². The molecule has 0 radical (unpaired) electrons. The number of aromatic nitrogens is 1. The van der Waals surface area contributed by atoms with Crippen molar-refractivity contribution in [3.8, 4) is 0 Å². The maximum absolute atomic E-state index is 12.5. The summed E-state index contributed by atoms with van der Waals surface area (Å²) in [7, 11) is 0. The van der Waals surface area contributed by atoms with Crippen molar-refractivity contribution < 1.29 is 4.79 Å². The molecule has 3 rings (SSSR count). The zero-order valence-corrected chi connectivity index (χ0v) is 18.7. The van der Waals surface area contributed by atoms with Crippen molar-refractivity contribution in [3.63, 3.8) is 0 Å². The van der Waals surface area contributed by atoms with Gasteiger partial charge in [-0.15, -0.1) is 11.8 Å². The number of fused-ring (bicyclic) bond motifs is 1. The molecule has 0 aliphatic carbocycles. The predicted molar refractivity (Wildman–Crippen MR) is 120 cm³/mol. The summed E-state index contributed by atoms with van der Waals surface area (Å²) in [5.74, 6) is 1.18. The Kier molecular flexibility index (Phi) is 7.09. The minimum atomic E-state index is -0.118. The van der Waals surface area contributed by atoms with Crippen LogP contribution < -0.4 is 4.80 Å². The van der Waals surface area contributed by atoms with Crippen LogP contribution in [0, 0.1) is 13.8 Å². The van der Waals surface area contributed by atoms with Crippen LogP contribution in [-0.2, 0) is 11.3 Å². The number of hydrogen-bond acceptors (Lipinski definition) is 4. The van der Waals surface area contributed by atoms with E-state index in [1.165, 1.54) is 27.6 Å². The third kappa shape index (κ3) is 5.19. The fourth-order valence-electron chi connectivity index (χ4n) is 2.62. The van der Waals surface area contributed by atoms with E-state index in [0.29, 0.717) is 10.8 Å². The van der Waals surface area contributed by atoms with Gasteiger partial charge in [0.05, 0.1) is 16.0 Å². The molecule has 3 nitrogen and oxygen atoms in total. The summed E-state index contributed by atoms with van der Waals surface area (Å²) in [6.07, 6.45) is 2.09. The summed E-state index contributed by atoms with van der Waals surface area (Å²) in [4.78, 5) is 18.7. The predicted octanol–water partition coefficient (Wildman–Crippen LogP) is 5.56. The lowest BCUT2D eigenvalue weighted by atomic mass is 10.1. The quantitative estimate of drug-likeness (QED) is 0.474. The monoisotopic (exact) mass is 436 g/mol. The molecule has 1 amide bonds. The van der Waals surface area contributed by atoms with E-state index in [1.54, 1.807) is 23.1 Å². The van der Waals surface area contributed by atoms with Crippen molar-refractivity contribution in [3.05, 3.63) is 57.3 Å². The number of halogens is 1. The highest BCUT2D eigenvalue weighted by Gasteiger charge is 2.10. The molecular formula is C20H21ClN2OS3. The third-order valence-corrected chi connectivity index (χ3v) is 7.09. The lowest BCUT2D eigenvalue weighted by molar-refractivity contribution is -0.115. The van der Waals surface area contributed by atoms with Gasteiger partial charge >= 0.3 is 0 Å². The molecule has 3 aromatic rings. The molecule has 0 saturated carbocycles. The Bertz CT molecular complexity index is 1020. The molecule has 0 unspecified atom stereocenters. The maximum atomic E-state index is 12.5. The zero-order chi connectivity index (χ0) is 19.4. The molecular weight excluding hydrogens is 416 g/mol. The topological polar surface area (TPSA) is 34.4 Å². The Hall–Kier alpha value is -1.21. The zero-order valence-electron chi connectivity index (χ0n) is 15.5. The molecule has 1 aromatic heterocycles. The number of thioether (sulfide) groups is 2. The number of aryl methyl sites for hydroxylation is 3. The summed E-state index contributed by atoms with van der Waals surface area (Å²) in [5, 5.41) is 0.695. The van der Waals surface area contributed by atoms with Crippen LogP contribution in [0.15, 0.2) is 46.3 Å². The lowest BCUT2D eigenvalue weighted by Gasteiger charge is -2.06. The number of rotatable bonds is 6. The Balaban J connectivity index is 1.88. The van der Waals surface area contributed by atoms with Gasteiger partial charge in [-0.05, 0) is 67.6 Å². The maximum Gasteiger partial charge on any atom is 0.258 e. The highest BCUT2D eigenvalue weighted by molar-refractivity contribution is 8.00. The fourth-order valence-corrected chi connectivity index (χ4v) is 4.95. The normalized spacial score (nSPS) is 12.1. The van der Waals surface area contributed by atoms with Gasteiger partial charge in [0, 0.05) is 22.2 Å². The van der Waals surface area contributed by atoms with Crippen molar-refractivity contribution in [2.75, 3.05) is 17.8 Å². The van der Waals surface area contributed by atoms with E-state index in [4.69, 9.17) is 11.6 Å². The van der Waals surface area contributed by atoms with E-state index in [1.807, 2.05) is 24.3 Å². The number of amides is 1. The van der Waals surface area contributed by atoms with E-state index in [0.717, 1.165) is 27.5 Å². The molecule has 0 bridgehead atoms. The third-order valence-electron chi connectivity index (χ3n) is 4.21. The average Bonchev–Trinajstić information content (AvgIpc) is 2.96. The number of thiazole rings is 1. The smallest absolute Gasteiger partial charge is 0.258 e. The Morgan fingerprint density at radius 3 is 2.59 bits per heavy atom. The largest absolute Gasteiger partial charge is 0.316 e. The van der Waals surface area contributed by atoms with Crippen LogP contribution in [-0.4, -0.2) is 28.2 Å².